The van der Waals surface area contributed by atoms with Crippen LogP contribution >= 0.6 is 0 Å². The zero-order valence-corrected chi connectivity index (χ0v) is 18.6. The topological polar surface area (TPSA) is 46.5 Å². The minimum atomic E-state index is -0.797. The molecule has 0 heterocycles. The maximum Gasteiger partial charge on any atom is 0.309 e. The number of carbonyl (C=O) groups is 1. The van der Waals surface area contributed by atoms with Crippen molar-refractivity contribution in [2.45, 2.75) is 116 Å². The molecule has 1 aromatic rings. The molecule has 160 valence electrons. The van der Waals surface area contributed by atoms with E-state index in [9.17, 15) is 9.90 Å². The fourth-order valence-electron chi connectivity index (χ4n) is 3.54. The van der Waals surface area contributed by atoms with E-state index >= 15 is 0 Å². The lowest BCUT2D eigenvalue weighted by atomic mass is 9.95. The number of rotatable bonds is 14. The van der Waals surface area contributed by atoms with E-state index in [0.717, 1.165) is 24.0 Å². The lowest BCUT2D eigenvalue weighted by molar-refractivity contribution is -0.157. The predicted octanol–water partition coefficient (Wildman–Crippen LogP) is 6.92. The standard InChI is InChI=1S/C25H42O3/c1-5-6-7-8-9-10-11-12-13-14-17-21-18-15-16-19-22(21)23(26)20-24(27)28-25(2,3)4/h15-16,18-19,23,26H,5-14,17,20H2,1-4H3. The second kappa shape index (κ2) is 13.8. The summed E-state index contributed by atoms with van der Waals surface area (Å²) in [5.74, 6) is -0.353. The van der Waals surface area contributed by atoms with Gasteiger partial charge in [-0.3, -0.25) is 4.79 Å². The van der Waals surface area contributed by atoms with Gasteiger partial charge in [-0.05, 0) is 44.7 Å². The van der Waals surface area contributed by atoms with Crippen LogP contribution in [-0.2, 0) is 16.0 Å². The van der Waals surface area contributed by atoms with Crippen LogP contribution in [-0.4, -0.2) is 16.7 Å². The van der Waals surface area contributed by atoms with Crippen LogP contribution in [0.5, 0.6) is 0 Å². The van der Waals surface area contributed by atoms with Gasteiger partial charge in [0.25, 0.3) is 0 Å². The van der Waals surface area contributed by atoms with Gasteiger partial charge in [0.2, 0.25) is 0 Å². The molecule has 0 radical (unpaired) electrons. The quantitative estimate of drug-likeness (QED) is 0.277. The molecule has 0 spiro atoms. The molecular formula is C25H42O3. The minimum absolute atomic E-state index is 0.00626. The molecule has 0 bridgehead atoms. The molecule has 1 atom stereocenters. The normalized spacial score (nSPS) is 12.8. The molecular weight excluding hydrogens is 348 g/mol. The molecule has 0 aliphatic heterocycles. The van der Waals surface area contributed by atoms with Gasteiger partial charge in [-0.1, -0.05) is 89.0 Å². The average molecular weight is 391 g/mol. The van der Waals surface area contributed by atoms with E-state index in [1.165, 1.54) is 57.8 Å². The Labute approximate surface area is 172 Å². The molecule has 3 nitrogen and oxygen atoms in total. The Morgan fingerprint density at radius 1 is 0.929 bits per heavy atom. The van der Waals surface area contributed by atoms with Gasteiger partial charge in [0, 0.05) is 0 Å². The highest BCUT2D eigenvalue weighted by Crippen LogP contribution is 2.24. The molecule has 1 rings (SSSR count). The maximum absolute atomic E-state index is 12.0. The first-order chi connectivity index (χ1) is 13.3. The molecule has 3 heteroatoms. The third-order valence-corrected chi connectivity index (χ3v) is 4.99. The van der Waals surface area contributed by atoms with Crippen LogP contribution in [0.4, 0.5) is 0 Å². The molecule has 1 aromatic carbocycles. The number of hydrogen-bond acceptors (Lipinski definition) is 3. The van der Waals surface area contributed by atoms with Crippen molar-refractivity contribution in [1.82, 2.24) is 0 Å². The molecule has 1 unspecified atom stereocenters. The minimum Gasteiger partial charge on any atom is -0.460 e. The van der Waals surface area contributed by atoms with Crippen molar-refractivity contribution in [3.63, 3.8) is 0 Å². The van der Waals surface area contributed by atoms with Gasteiger partial charge < -0.3 is 9.84 Å². The highest BCUT2D eigenvalue weighted by atomic mass is 16.6. The maximum atomic E-state index is 12.0. The number of esters is 1. The van der Waals surface area contributed by atoms with E-state index in [2.05, 4.69) is 13.0 Å². The first-order valence-electron chi connectivity index (χ1n) is 11.3. The second-order valence-electron chi connectivity index (χ2n) is 8.94. The lowest BCUT2D eigenvalue weighted by Crippen LogP contribution is -2.25. The fraction of sp³-hybridized carbons (Fsp3) is 0.720. The van der Waals surface area contributed by atoms with Crippen molar-refractivity contribution in [2.24, 2.45) is 0 Å². The van der Waals surface area contributed by atoms with Crippen molar-refractivity contribution < 1.29 is 14.6 Å². The number of aryl methyl sites for hydroxylation is 1. The van der Waals surface area contributed by atoms with Crippen LogP contribution in [0.3, 0.4) is 0 Å². The molecule has 28 heavy (non-hydrogen) atoms. The second-order valence-corrected chi connectivity index (χ2v) is 8.94. The zero-order valence-electron chi connectivity index (χ0n) is 18.6. The fourth-order valence-corrected chi connectivity index (χ4v) is 3.54. The van der Waals surface area contributed by atoms with Crippen molar-refractivity contribution in [3.05, 3.63) is 35.4 Å². The molecule has 0 fully saturated rings. The molecule has 1 N–H and O–H groups in total. The summed E-state index contributed by atoms with van der Waals surface area (Å²) in [5, 5.41) is 10.5. The summed E-state index contributed by atoms with van der Waals surface area (Å²) in [6.45, 7) is 7.79. The molecule has 0 aliphatic rings. The van der Waals surface area contributed by atoms with Gasteiger partial charge in [-0.15, -0.1) is 0 Å². The first-order valence-corrected chi connectivity index (χ1v) is 11.3. The molecule has 0 saturated heterocycles. The van der Waals surface area contributed by atoms with Crippen LogP contribution in [0.25, 0.3) is 0 Å². The van der Waals surface area contributed by atoms with Crippen LogP contribution in [0.1, 0.15) is 116 Å². The Balaban J connectivity index is 2.32. The summed E-state index contributed by atoms with van der Waals surface area (Å²) < 4.78 is 5.34. The Kier molecular flexibility index (Phi) is 12.1. The van der Waals surface area contributed by atoms with Gasteiger partial charge in [0.05, 0.1) is 12.5 Å². The van der Waals surface area contributed by atoms with Gasteiger partial charge in [-0.25, -0.2) is 0 Å². The number of benzene rings is 1. The average Bonchev–Trinajstić information content (AvgIpc) is 2.62. The van der Waals surface area contributed by atoms with E-state index < -0.39 is 11.7 Å². The molecule has 0 saturated carbocycles. The largest absolute Gasteiger partial charge is 0.460 e. The highest BCUT2D eigenvalue weighted by molar-refractivity contribution is 5.70. The zero-order chi connectivity index (χ0) is 20.8. The van der Waals surface area contributed by atoms with Gasteiger partial charge in [0.1, 0.15) is 5.60 Å². The van der Waals surface area contributed by atoms with Crippen LogP contribution in [0, 0.1) is 0 Å². The predicted molar refractivity (Wildman–Crippen MR) is 117 cm³/mol. The van der Waals surface area contributed by atoms with E-state index in [0.29, 0.717) is 0 Å². The molecule has 0 aromatic heterocycles. The number of aliphatic hydroxyl groups excluding tert-OH is 1. The Hall–Kier alpha value is -1.35. The summed E-state index contributed by atoms with van der Waals surface area (Å²) in [5.41, 5.74) is 1.49. The van der Waals surface area contributed by atoms with Crippen molar-refractivity contribution >= 4 is 5.97 Å². The summed E-state index contributed by atoms with van der Waals surface area (Å²) in [4.78, 5) is 12.0. The summed E-state index contributed by atoms with van der Waals surface area (Å²) >= 11 is 0. The Bertz CT molecular complexity index is 545. The van der Waals surface area contributed by atoms with Crippen molar-refractivity contribution in [1.29, 1.82) is 0 Å². The van der Waals surface area contributed by atoms with E-state index in [1.807, 2.05) is 39.0 Å². The van der Waals surface area contributed by atoms with Crippen molar-refractivity contribution in [3.8, 4) is 0 Å². The number of carbonyl (C=O) groups excluding carboxylic acids is 1. The van der Waals surface area contributed by atoms with Crippen molar-refractivity contribution in [2.75, 3.05) is 0 Å². The van der Waals surface area contributed by atoms with Crippen LogP contribution in [0.2, 0.25) is 0 Å². The summed E-state index contributed by atoms with van der Waals surface area (Å²) in [6.07, 6.45) is 13.3. The monoisotopic (exact) mass is 390 g/mol. The smallest absolute Gasteiger partial charge is 0.309 e. The van der Waals surface area contributed by atoms with Crippen LogP contribution in [0.15, 0.2) is 24.3 Å². The van der Waals surface area contributed by atoms with E-state index in [-0.39, 0.29) is 12.4 Å². The van der Waals surface area contributed by atoms with Crippen LogP contribution < -0.4 is 0 Å². The SMILES string of the molecule is CCCCCCCCCCCCc1ccccc1C(O)CC(=O)OC(C)(C)C. The number of ether oxygens (including phenoxy) is 1. The van der Waals surface area contributed by atoms with Gasteiger partial charge in [-0.2, -0.15) is 0 Å². The number of hydrogen-bond donors (Lipinski definition) is 1. The summed E-state index contributed by atoms with van der Waals surface area (Å²) in [6, 6.07) is 7.94. The number of aliphatic hydroxyl groups is 1. The van der Waals surface area contributed by atoms with Gasteiger partial charge >= 0.3 is 5.97 Å². The van der Waals surface area contributed by atoms with E-state index in [4.69, 9.17) is 4.74 Å². The Morgan fingerprint density at radius 2 is 1.46 bits per heavy atom. The molecule has 0 aliphatic carbocycles. The third kappa shape index (κ3) is 11.5. The highest BCUT2D eigenvalue weighted by Gasteiger charge is 2.21. The molecule has 0 amide bonds. The van der Waals surface area contributed by atoms with Gasteiger partial charge in [0.15, 0.2) is 0 Å². The number of unbranched alkanes of at least 4 members (excludes halogenated alkanes) is 9. The lowest BCUT2D eigenvalue weighted by Gasteiger charge is -2.21. The van der Waals surface area contributed by atoms with E-state index in [1.54, 1.807) is 0 Å². The Morgan fingerprint density at radius 3 is 2.04 bits per heavy atom. The summed E-state index contributed by atoms with van der Waals surface area (Å²) in [7, 11) is 0. The third-order valence-electron chi connectivity index (χ3n) is 4.99. The first kappa shape index (κ1) is 24.7.